The van der Waals surface area contributed by atoms with Crippen LogP contribution in [-0.2, 0) is 0 Å². The van der Waals surface area contributed by atoms with Gasteiger partial charge in [-0.2, -0.15) is 5.10 Å². The van der Waals surface area contributed by atoms with Crippen LogP contribution in [0.2, 0.25) is 0 Å². The Labute approximate surface area is 137 Å². The van der Waals surface area contributed by atoms with Crippen molar-refractivity contribution in [3.63, 3.8) is 0 Å². The fourth-order valence-electron chi connectivity index (χ4n) is 2.97. The van der Waals surface area contributed by atoms with Gasteiger partial charge in [0.2, 0.25) is 11.8 Å². The molecule has 1 N–H and O–H groups in total. The smallest absolute Gasteiger partial charge is 0.322 e. The summed E-state index contributed by atoms with van der Waals surface area (Å²) in [6.45, 7) is 4.28. The monoisotopic (exact) mass is 327 g/mol. The van der Waals surface area contributed by atoms with E-state index in [1.54, 1.807) is 28.7 Å². The van der Waals surface area contributed by atoms with Gasteiger partial charge in [0.1, 0.15) is 6.04 Å². The summed E-state index contributed by atoms with van der Waals surface area (Å²) in [6.07, 6.45) is 5.07. The molecule has 9 nitrogen and oxygen atoms in total. The summed E-state index contributed by atoms with van der Waals surface area (Å²) < 4.78 is 7.13. The standard InChI is InChI=1S/C15H17N7O2/c1-9-6-13-16-7-11(8-22(13)20-9)17-15(23)21-5-3-4-12(21)14-19-18-10(2)24-14/h6-8,12H,3-5H2,1-2H3,(H,17,23)/t12-/m1/s1. The molecule has 0 radical (unpaired) electrons. The summed E-state index contributed by atoms with van der Waals surface area (Å²) in [6, 6.07) is 1.48. The third-order valence-corrected chi connectivity index (χ3v) is 4.03. The number of aryl methyl sites for hydroxylation is 2. The molecule has 0 saturated carbocycles. The van der Waals surface area contributed by atoms with Crippen molar-refractivity contribution in [2.45, 2.75) is 32.7 Å². The van der Waals surface area contributed by atoms with Crippen LogP contribution in [0.1, 0.15) is 36.4 Å². The van der Waals surface area contributed by atoms with Crippen molar-refractivity contribution in [2.24, 2.45) is 0 Å². The Bertz CT molecular complexity index is 900. The lowest BCUT2D eigenvalue weighted by atomic mass is 10.2. The summed E-state index contributed by atoms with van der Waals surface area (Å²) >= 11 is 0. The molecule has 1 atom stereocenters. The number of urea groups is 1. The quantitative estimate of drug-likeness (QED) is 0.773. The van der Waals surface area contributed by atoms with Crippen molar-refractivity contribution in [3.8, 4) is 0 Å². The first-order valence-electron chi connectivity index (χ1n) is 7.80. The molecule has 1 fully saturated rings. The third-order valence-electron chi connectivity index (χ3n) is 4.03. The maximum atomic E-state index is 12.6. The Kier molecular flexibility index (Phi) is 3.40. The number of anilines is 1. The molecule has 0 unspecified atom stereocenters. The van der Waals surface area contributed by atoms with Gasteiger partial charge in [0.25, 0.3) is 0 Å². The highest BCUT2D eigenvalue weighted by molar-refractivity contribution is 5.89. The number of aromatic nitrogens is 5. The molecule has 124 valence electrons. The van der Waals surface area contributed by atoms with Gasteiger partial charge in [0.05, 0.1) is 23.8 Å². The molecule has 9 heteroatoms. The highest BCUT2D eigenvalue weighted by Crippen LogP contribution is 2.31. The van der Waals surface area contributed by atoms with Gasteiger partial charge in [-0.1, -0.05) is 0 Å². The molecule has 0 spiro atoms. The van der Waals surface area contributed by atoms with Crippen LogP contribution in [0.4, 0.5) is 10.5 Å². The second-order valence-electron chi connectivity index (χ2n) is 5.87. The van der Waals surface area contributed by atoms with Gasteiger partial charge in [-0.3, -0.25) is 0 Å². The molecule has 0 bridgehead atoms. The number of nitrogens with one attached hydrogen (secondary N) is 1. The largest absolute Gasteiger partial charge is 0.423 e. The molecule has 1 saturated heterocycles. The van der Waals surface area contributed by atoms with Gasteiger partial charge in [-0.15, -0.1) is 10.2 Å². The van der Waals surface area contributed by atoms with Gasteiger partial charge < -0.3 is 14.6 Å². The van der Waals surface area contributed by atoms with E-state index in [1.165, 1.54) is 0 Å². The summed E-state index contributed by atoms with van der Waals surface area (Å²) in [7, 11) is 0. The van der Waals surface area contributed by atoms with E-state index in [9.17, 15) is 4.79 Å². The van der Waals surface area contributed by atoms with E-state index >= 15 is 0 Å². The molecule has 0 aliphatic carbocycles. The predicted molar refractivity (Wildman–Crippen MR) is 84.5 cm³/mol. The highest BCUT2D eigenvalue weighted by Gasteiger charge is 2.33. The number of nitrogens with zero attached hydrogens (tertiary/aromatic N) is 6. The van der Waals surface area contributed by atoms with Crippen LogP contribution in [0.5, 0.6) is 0 Å². The molecule has 4 heterocycles. The topological polar surface area (TPSA) is 101 Å². The summed E-state index contributed by atoms with van der Waals surface area (Å²) in [5, 5.41) is 15.1. The minimum atomic E-state index is -0.210. The van der Waals surface area contributed by atoms with E-state index in [2.05, 4.69) is 25.6 Å². The minimum Gasteiger partial charge on any atom is -0.423 e. The highest BCUT2D eigenvalue weighted by atomic mass is 16.4. The predicted octanol–water partition coefficient (Wildman–Crippen LogP) is 2.10. The molecule has 4 rings (SSSR count). The van der Waals surface area contributed by atoms with Gasteiger partial charge in [0, 0.05) is 19.5 Å². The molecular formula is C15H17N7O2. The molecule has 3 aromatic rings. The molecule has 1 aliphatic rings. The lowest BCUT2D eigenvalue weighted by Crippen LogP contribution is -2.34. The van der Waals surface area contributed by atoms with Gasteiger partial charge in [-0.25, -0.2) is 14.3 Å². The lowest BCUT2D eigenvalue weighted by Gasteiger charge is -2.22. The van der Waals surface area contributed by atoms with Crippen LogP contribution >= 0.6 is 0 Å². The number of hydrogen-bond donors (Lipinski definition) is 1. The number of hydrogen-bond acceptors (Lipinski definition) is 6. The van der Waals surface area contributed by atoms with Crippen LogP contribution in [-0.4, -0.2) is 42.3 Å². The van der Waals surface area contributed by atoms with Crippen molar-refractivity contribution in [1.82, 2.24) is 29.7 Å². The van der Waals surface area contributed by atoms with E-state index in [4.69, 9.17) is 4.42 Å². The molecule has 3 aromatic heterocycles. The van der Waals surface area contributed by atoms with E-state index < -0.39 is 0 Å². The number of carbonyl (C=O) groups is 1. The van der Waals surface area contributed by atoms with Crippen molar-refractivity contribution in [3.05, 3.63) is 35.9 Å². The molecular weight excluding hydrogens is 310 g/mol. The average Bonchev–Trinajstić information content (AvgIpc) is 3.24. The zero-order valence-electron chi connectivity index (χ0n) is 13.4. The average molecular weight is 327 g/mol. The number of fused-ring (bicyclic) bond motifs is 1. The Morgan fingerprint density at radius 1 is 1.38 bits per heavy atom. The molecule has 2 amide bonds. The lowest BCUT2D eigenvalue weighted by molar-refractivity contribution is 0.197. The zero-order chi connectivity index (χ0) is 16.7. The van der Waals surface area contributed by atoms with Crippen molar-refractivity contribution < 1.29 is 9.21 Å². The summed E-state index contributed by atoms with van der Waals surface area (Å²) in [5.41, 5.74) is 2.20. The number of likely N-dealkylation sites (tertiary alicyclic amines) is 1. The maximum absolute atomic E-state index is 12.6. The van der Waals surface area contributed by atoms with Crippen LogP contribution in [0.3, 0.4) is 0 Å². The van der Waals surface area contributed by atoms with Gasteiger partial charge in [0.15, 0.2) is 5.65 Å². The van der Waals surface area contributed by atoms with Crippen LogP contribution in [0.15, 0.2) is 22.9 Å². The van der Waals surface area contributed by atoms with Crippen molar-refractivity contribution in [1.29, 1.82) is 0 Å². The van der Waals surface area contributed by atoms with Crippen LogP contribution in [0.25, 0.3) is 5.65 Å². The molecule has 24 heavy (non-hydrogen) atoms. The third kappa shape index (κ3) is 2.57. The minimum absolute atomic E-state index is 0.185. The van der Waals surface area contributed by atoms with Crippen LogP contribution in [0, 0.1) is 13.8 Å². The first-order chi connectivity index (χ1) is 11.6. The summed E-state index contributed by atoms with van der Waals surface area (Å²) in [5.74, 6) is 0.984. The number of amides is 2. The Hall–Kier alpha value is -2.97. The van der Waals surface area contributed by atoms with Crippen molar-refractivity contribution in [2.75, 3.05) is 11.9 Å². The normalized spacial score (nSPS) is 17.6. The Morgan fingerprint density at radius 2 is 2.25 bits per heavy atom. The van der Waals surface area contributed by atoms with Gasteiger partial charge >= 0.3 is 6.03 Å². The molecule has 0 aromatic carbocycles. The van der Waals surface area contributed by atoms with Crippen molar-refractivity contribution >= 4 is 17.4 Å². The Balaban J connectivity index is 1.53. The van der Waals surface area contributed by atoms with Gasteiger partial charge in [-0.05, 0) is 19.8 Å². The SMILES string of the molecule is Cc1cc2ncc(NC(=O)N3CCC[C@@H]3c3nnc(C)o3)cn2n1. The second kappa shape index (κ2) is 5.59. The first-order valence-corrected chi connectivity index (χ1v) is 7.80. The maximum Gasteiger partial charge on any atom is 0.322 e. The van der Waals surface area contributed by atoms with E-state index in [0.717, 1.165) is 24.2 Å². The fraction of sp³-hybridized carbons (Fsp3) is 0.400. The zero-order valence-corrected chi connectivity index (χ0v) is 13.4. The number of rotatable bonds is 2. The molecule has 1 aliphatic heterocycles. The summed E-state index contributed by atoms with van der Waals surface area (Å²) in [4.78, 5) is 18.6. The number of carbonyl (C=O) groups excluding carboxylic acids is 1. The first kappa shape index (κ1) is 14.6. The second-order valence-corrected chi connectivity index (χ2v) is 5.87. The van der Waals surface area contributed by atoms with E-state index in [1.807, 2.05) is 13.0 Å². The van der Waals surface area contributed by atoms with Crippen LogP contribution < -0.4 is 5.32 Å². The van der Waals surface area contributed by atoms with E-state index in [0.29, 0.717) is 24.0 Å². The Morgan fingerprint density at radius 3 is 3.04 bits per heavy atom. The van der Waals surface area contributed by atoms with E-state index in [-0.39, 0.29) is 12.1 Å². The fourth-order valence-corrected chi connectivity index (χ4v) is 2.97.